The molecule has 0 unspecified atom stereocenters. The maximum atomic E-state index is 9.47. The molecule has 4 heterocycles. The van der Waals surface area contributed by atoms with Gasteiger partial charge in [-0.1, -0.05) is 232 Å². The fraction of sp³-hybridized carbons (Fsp3) is 0.154. The van der Waals surface area contributed by atoms with E-state index in [4.69, 9.17) is 13.8 Å². The van der Waals surface area contributed by atoms with Crippen LogP contribution in [0.1, 0.15) is 85.9 Å². The number of hydrogen-bond acceptors (Lipinski definition) is 2. The highest BCUT2D eigenvalue weighted by Gasteiger charge is 2.30. The summed E-state index contributed by atoms with van der Waals surface area (Å²) in [5, 5.41) is 2.23. The van der Waals surface area contributed by atoms with Gasteiger partial charge in [-0.15, -0.1) is 0 Å². The van der Waals surface area contributed by atoms with Gasteiger partial charge in [-0.2, -0.15) is 0 Å². The molecule has 5 nitrogen and oxygen atoms in total. The highest BCUT2D eigenvalue weighted by Crippen LogP contribution is 2.49. The normalized spacial score (nSPS) is 13.2. The van der Waals surface area contributed by atoms with Crippen LogP contribution in [0.3, 0.4) is 0 Å². The lowest BCUT2D eigenvalue weighted by atomic mass is 9.83. The summed E-state index contributed by atoms with van der Waals surface area (Å²) in [6, 6.07) is 68.4. The molecule has 404 valence electrons. The van der Waals surface area contributed by atoms with E-state index in [-0.39, 0.29) is 33.9 Å². The van der Waals surface area contributed by atoms with E-state index in [0.717, 1.165) is 106 Å². The zero-order valence-electron chi connectivity index (χ0n) is 53.3. The molecule has 3 aromatic heterocycles. The van der Waals surface area contributed by atoms with Gasteiger partial charge < -0.3 is 4.74 Å². The number of benzene rings is 10. The van der Waals surface area contributed by atoms with Crippen molar-refractivity contribution in [1.82, 2.24) is 14.1 Å². The molecule has 0 bridgehead atoms. The number of nitrogens with zero attached hydrogens (tertiary/aromatic N) is 4. The van der Waals surface area contributed by atoms with Crippen LogP contribution in [-0.2, 0) is 16.2 Å². The molecule has 10 aromatic carbocycles. The van der Waals surface area contributed by atoms with Gasteiger partial charge in [-0.25, -0.2) is 4.98 Å². The van der Waals surface area contributed by atoms with Crippen LogP contribution in [0.25, 0.3) is 117 Å². The van der Waals surface area contributed by atoms with E-state index in [1.54, 1.807) is 0 Å². The van der Waals surface area contributed by atoms with Gasteiger partial charge in [0.2, 0.25) is 0 Å². The Morgan fingerprint density at radius 3 is 1.76 bits per heavy atom. The van der Waals surface area contributed by atoms with Crippen LogP contribution >= 0.6 is 0 Å². The molecule has 14 rings (SSSR count). The van der Waals surface area contributed by atoms with Crippen LogP contribution in [0.4, 0.5) is 0 Å². The van der Waals surface area contributed by atoms with Crippen molar-refractivity contribution in [3.63, 3.8) is 0 Å². The quantitative estimate of drug-likeness (QED) is 0.118. The smallest absolute Gasteiger partial charge is 0.269 e. The lowest BCUT2D eigenvalue weighted by Crippen LogP contribution is -2.32. The largest absolute Gasteiger partial charge is 0.458 e. The van der Waals surface area contributed by atoms with Crippen LogP contribution in [0.15, 0.2) is 237 Å². The van der Waals surface area contributed by atoms with Crippen molar-refractivity contribution in [2.75, 3.05) is 0 Å². The average Bonchev–Trinajstić information content (AvgIpc) is 1.52. The number of rotatable bonds is 7. The zero-order valence-corrected chi connectivity index (χ0v) is 48.3. The topological polar surface area (TPSA) is 35.9 Å². The van der Waals surface area contributed by atoms with Gasteiger partial charge in [0.05, 0.1) is 40.3 Å². The van der Waals surface area contributed by atoms with E-state index >= 15 is 0 Å². The second-order valence-corrected chi connectivity index (χ2v) is 25.1. The summed E-state index contributed by atoms with van der Waals surface area (Å²) in [5.74, 6) is 2.14. The van der Waals surface area contributed by atoms with Crippen molar-refractivity contribution in [2.24, 2.45) is 0 Å². The van der Waals surface area contributed by atoms with Crippen LogP contribution in [0, 0.1) is 6.33 Å². The Labute approximate surface area is 494 Å². The van der Waals surface area contributed by atoms with Crippen LogP contribution in [0.5, 0.6) is 11.5 Å². The SMILES string of the molecule is [2H]c1c([2H])c([2H])c(-c2cccc3c2-c2cccc(-c4ccc(C(C)(C)C)cc4)c2-[n+]2[c-]n(-c4cccc(Oc5ccc6c7ccccc7n(-c7cc(C(C)(C)C)ccn7)c6c5)c4)c4cc(-c5ccc(C(C)(C)C)cc5)cc(c42)-c2ccccc2-3)c([2H])c1[2H]. The molecule has 0 spiro atoms. The molecule has 0 fully saturated rings. The first-order chi connectivity index (χ1) is 42.1. The van der Waals surface area contributed by atoms with Gasteiger partial charge >= 0.3 is 0 Å². The predicted octanol–water partition coefficient (Wildman–Crippen LogP) is 20.2. The van der Waals surface area contributed by atoms with E-state index in [2.05, 4.69) is 246 Å². The summed E-state index contributed by atoms with van der Waals surface area (Å²) in [6.45, 7) is 20.0. The minimum atomic E-state index is -0.441. The molecule has 13 aromatic rings. The first kappa shape index (κ1) is 46.1. The Bertz CT molecular complexity index is 4970. The predicted molar refractivity (Wildman–Crippen MR) is 345 cm³/mol. The van der Waals surface area contributed by atoms with E-state index in [0.29, 0.717) is 17.1 Å². The highest BCUT2D eigenvalue weighted by atomic mass is 16.5. The maximum absolute atomic E-state index is 9.47. The second-order valence-electron chi connectivity index (χ2n) is 25.1. The molecule has 0 amide bonds. The standard InChI is InChI=1S/C78H66N4O/c1-76(2,3)54-36-32-50(33-37-54)53-44-68-63-25-14-13-24-62(63)66-29-18-27-60(51-20-11-10-12-21-51)73(66)67-30-19-28-61(52-34-38-55(39-35-52)77(4,5)6)74(67)81-49-80(71(45-53)75(68)81)57-22-17-23-58(47-57)83-59-40-41-65-64-26-15-16-31-69(64)82(70(65)48-59)72-46-56(42-43-79-72)78(7,8)9/h10-48H,1-9H3/i10D,11D,12D,20D,21D. The van der Waals surface area contributed by atoms with E-state index < -0.39 is 18.1 Å². The Morgan fingerprint density at radius 2 is 1.04 bits per heavy atom. The Hall–Kier alpha value is -9.58. The minimum Gasteiger partial charge on any atom is -0.458 e. The molecule has 1 aliphatic rings. The number of aromatic nitrogens is 4. The van der Waals surface area contributed by atoms with Gasteiger partial charge in [0.1, 0.15) is 17.3 Å². The third kappa shape index (κ3) is 9.03. The van der Waals surface area contributed by atoms with Gasteiger partial charge in [-0.3, -0.25) is 13.7 Å². The van der Waals surface area contributed by atoms with Crippen molar-refractivity contribution in [3.8, 4) is 95.5 Å². The number of fused-ring (bicyclic) bond motifs is 10. The fourth-order valence-corrected chi connectivity index (χ4v) is 12.2. The summed E-state index contributed by atoms with van der Waals surface area (Å²) in [5.41, 5.74) is 18.7. The zero-order chi connectivity index (χ0) is 61.3. The summed E-state index contributed by atoms with van der Waals surface area (Å²) in [4.78, 5) is 4.94. The summed E-state index contributed by atoms with van der Waals surface area (Å²) < 4.78 is 59.1. The van der Waals surface area contributed by atoms with Crippen molar-refractivity contribution >= 4 is 32.8 Å². The molecule has 0 radical (unpaired) electrons. The molecule has 0 saturated heterocycles. The Kier molecular flexibility index (Phi) is 10.9. The molecular weight excluding hydrogens is 1010 g/mol. The van der Waals surface area contributed by atoms with Crippen molar-refractivity contribution in [2.45, 2.75) is 78.6 Å². The molecule has 0 aliphatic carbocycles. The van der Waals surface area contributed by atoms with Crippen molar-refractivity contribution in [3.05, 3.63) is 260 Å². The van der Waals surface area contributed by atoms with Crippen LogP contribution in [0.2, 0.25) is 0 Å². The average molecular weight is 1080 g/mol. The third-order valence-corrected chi connectivity index (χ3v) is 16.6. The van der Waals surface area contributed by atoms with Crippen molar-refractivity contribution < 1.29 is 16.2 Å². The Balaban J connectivity index is 1.04. The summed E-state index contributed by atoms with van der Waals surface area (Å²) in [6.07, 6.45) is 5.90. The maximum Gasteiger partial charge on any atom is 0.269 e. The number of pyridine rings is 1. The molecule has 83 heavy (non-hydrogen) atoms. The molecule has 0 atom stereocenters. The van der Waals surface area contributed by atoms with E-state index in [1.165, 1.54) is 16.7 Å². The van der Waals surface area contributed by atoms with Crippen LogP contribution in [-0.4, -0.2) is 14.1 Å². The van der Waals surface area contributed by atoms with Crippen LogP contribution < -0.4 is 9.30 Å². The second kappa shape index (κ2) is 19.6. The molecular formula is C78H66N4O. The molecule has 0 N–H and O–H groups in total. The first-order valence-corrected chi connectivity index (χ1v) is 28.6. The van der Waals surface area contributed by atoms with E-state index in [1.807, 2.05) is 42.6 Å². The third-order valence-electron chi connectivity index (χ3n) is 16.6. The first-order valence-electron chi connectivity index (χ1n) is 31.1. The number of ether oxygens (including phenoxy) is 1. The monoisotopic (exact) mass is 1080 g/mol. The van der Waals surface area contributed by atoms with Gasteiger partial charge in [0, 0.05) is 23.0 Å². The van der Waals surface area contributed by atoms with E-state index in [9.17, 15) is 2.74 Å². The van der Waals surface area contributed by atoms with Crippen molar-refractivity contribution in [1.29, 1.82) is 0 Å². The Morgan fingerprint density at radius 1 is 0.434 bits per heavy atom. The molecule has 0 saturated carbocycles. The lowest BCUT2D eigenvalue weighted by Gasteiger charge is -2.22. The molecule has 1 aliphatic heterocycles. The van der Waals surface area contributed by atoms with Gasteiger partial charge in [0.25, 0.3) is 6.33 Å². The van der Waals surface area contributed by atoms with Gasteiger partial charge in [0.15, 0.2) is 0 Å². The fourth-order valence-electron chi connectivity index (χ4n) is 12.2. The number of hydrogen-bond donors (Lipinski definition) is 0. The summed E-state index contributed by atoms with van der Waals surface area (Å²) >= 11 is 0. The lowest BCUT2D eigenvalue weighted by molar-refractivity contribution is -0.570. The minimum absolute atomic E-state index is 0.0524. The van der Waals surface area contributed by atoms with Gasteiger partial charge in [-0.05, 0) is 154 Å². The highest BCUT2D eigenvalue weighted by molar-refractivity contribution is 6.10. The number of imidazole rings is 1. The summed E-state index contributed by atoms with van der Waals surface area (Å²) in [7, 11) is 0. The molecule has 5 heteroatoms. The number of para-hydroxylation sites is 2.